The Balaban J connectivity index is 0.000000170. The van der Waals surface area contributed by atoms with E-state index in [-0.39, 0.29) is 104 Å². The Kier molecular flexibility index (Phi) is 24.6. The van der Waals surface area contributed by atoms with Crippen molar-refractivity contribution in [3.05, 3.63) is 23.4 Å². The molecule has 101 heavy (non-hydrogen) atoms. The maximum atomic E-state index is 15.4. The summed E-state index contributed by atoms with van der Waals surface area (Å²) in [5.74, 6) is -9.70. The average Bonchev–Trinajstić information content (AvgIpc) is 1.76. The monoisotopic (exact) mass is 1440 g/mol. The first kappa shape index (κ1) is 78.6. The SMILES string of the molecule is CN(C(=O)OC(C)(C)C)C1CCN([C@H]2CCCC(F)(F)[C@@H]2CC(=O)N2CCC(C)(c3noc([C@@H]4C[C@@H]4F)n3)CC2)CC1.CN(C(=O)OC(C)(C)C)C1CCN([C@H]2CCCC(F)(F)[C@@H]2N)CC1.CNC1CCN([C@H]2CCCC(F)(F)[C@@H]2CC(=O)N2CCC(C)(c3noc([C@@H]4C[C@@H]4F)n3)CC2)CC1. The third kappa shape index (κ3) is 19.4. The molecule has 0 spiro atoms. The van der Waals surface area contributed by atoms with Gasteiger partial charge in [-0.25, -0.2) is 44.7 Å². The van der Waals surface area contributed by atoms with Crippen LogP contribution in [0, 0.1) is 11.8 Å². The van der Waals surface area contributed by atoms with Crippen LogP contribution in [0.25, 0.3) is 0 Å². The molecule has 29 heteroatoms. The largest absolute Gasteiger partial charge is 0.444 e. The van der Waals surface area contributed by atoms with Crippen LogP contribution in [0.1, 0.15) is 238 Å². The lowest BCUT2D eigenvalue weighted by atomic mass is 9.76. The van der Waals surface area contributed by atoms with Gasteiger partial charge in [-0.2, -0.15) is 9.97 Å². The second-order valence-corrected chi connectivity index (χ2v) is 33.6. The van der Waals surface area contributed by atoms with Crippen molar-refractivity contribution >= 4 is 24.0 Å². The molecule has 7 heterocycles. The molecule has 0 bridgehead atoms. The van der Waals surface area contributed by atoms with E-state index in [1.54, 1.807) is 33.7 Å². The number of halogens is 8. The van der Waals surface area contributed by atoms with Crippen LogP contribution in [-0.2, 0) is 29.9 Å². The van der Waals surface area contributed by atoms with E-state index in [2.05, 4.69) is 40.3 Å². The van der Waals surface area contributed by atoms with Crippen LogP contribution in [0.5, 0.6) is 0 Å². The highest BCUT2D eigenvalue weighted by Crippen LogP contribution is 2.49. The predicted octanol–water partition coefficient (Wildman–Crippen LogP) is 11.8. The van der Waals surface area contributed by atoms with Crippen molar-refractivity contribution in [2.24, 2.45) is 17.6 Å². The zero-order chi connectivity index (χ0) is 73.4. The van der Waals surface area contributed by atoms with Gasteiger partial charge < -0.3 is 49.2 Å². The Morgan fingerprint density at radius 1 is 0.525 bits per heavy atom. The number of hydrogen-bond acceptors (Lipinski definition) is 17. The quantitative estimate of drug-likeness (QED) is 0.168. The fraction of sp³-hybridized carbons (Fsp3) is 0.889. The molecule has 21 nitrogen and oxygen atoms in total. The fourth-order valence-electron chi connectivity index (χ4n) is 16.8. The van der Waals surface area contributed by atoms with Crippen molar-refractivity contribution in [2.75, 3.05) is 86.6 Å². The number of alkyl halides is 8. The molecule has 4 amide bonds. The Hall–Kier alpha value is -5.00. The highest BCUT2D eigenvalue weighted by molar-refractivity contribution is 5.77. The number of carbonyl (C=O) groups is 4. The molecule has 10 atom stereocenters. The van der Waals surface area contributed by atoms with E-state index in [4.69, 9.17) is 24.3 Å². The van der Waals surface area contributed by atoms with Crippen LogP contribution in [0.4, 0.5) is 44.7 Å². The molecule has 10 fully saturated rings. The summed E-state index contributed by atoms with van der Waals surface area (Å²) >= 11 is 0. The smallest absolute Gasteiger partial charge is 0.410 e. The van der Waals surface area contributed by atoms with Crippen molar-refractivity contribution < 1.29 is 72.8 Å². The number of aromatic nitrogens is 4. The van der Waals surface area contributed by atoms with E-state index < -0.39 is 64.6 Å². The summed E-state index contributed by atoms with van der Waals surface area (Å²) in [4.78, 5) is 73.3. The van der Waals surface area contributed by atoms with Gasteiger partial charge in [0, 0.05) is 157 Å². The maximum absolute atomic E-state index is 15.4. The summed E-state index contributed by atoms with van der Waals surface area (Å²) in [5.41, 5.74) is 3.94. The van der Waals surface area contributed by atoms with Crippen LogP contribution in [0.2, 0.25) is 0 Å². The summed E-state index contributed by atoms with van der Waals surface area (Å²) in [5, 5.41) is 11.5. The molecule has 2 aromatic heterocycles. The molecule has 12 rings (SSSR count). The number of carbonyl (C=O) groups excluding carboxylic acids is 4. The van der Waals surface area contributed by atoms with Gasteiger partial charge in [0.25, 0.3) is 17.8 Å². The molecule has 10 aliphatic rings. The normalized spacial score (nSPS) is 31.1. The van der Waals surface area contributed by atoms with Gasteiger partial charge in [0.15, 0.2) is 11.6 Å². The van der Waals surface area contributed by atoms with E-state index in [9.17, 15) is 36.7 Å². The van der Waals surface area contributed by atoms with Crippen LogP contribution >= 0.6 is 0 Å². The summed E-state index contributed by atoms with van der Waals surface area (Å²) in [7, 11) is 5.43. The van der Waals surface area contributed by atoms with E-state index in [1.165, 1.54) is 0 Å². The fourth-order valence-corrected chi connectivity index (χ4v) is 16.8. The van der Waals surface area contributed by atoms with Gasteiger partial charge in [0.05, 0.1) is 17.9 Å². The molecule has 2 aromatic rings. The van der Waals surface area contributed by atoms with Crippen molar-refractivity contribution in [3.63, 3.8) is 0 Å². The first-order chi connectivity index (χ1) is 47.4. The number of hydrogen-bond donors (Lipinski definition) is 2. The first-order valence-electron chi connectivity index (χ1n) is 37.6. The van der Waals surface area contributed by atoms with Crippen molar-refractivity contribution in [1.29, 1.82) is 0 Å². The van der Waals surface area contributed by atoms with Crippen molar-refractivity contribution in [1.82, 2.24) is 59.9 Å². The second-order valence-electron chi connectivity index (χ2n) is 33.6. The molecule has 0 aromatic carbocycles. The number of rotatable bonds is 14. The molecule has 5 saturated carbocycles. The Labute approximate surface area is 591 Å². The summed E-state index contributed by atoms with van der Waals surface area (Å²) < 4.78 is 137. The summed E-state index contributed by atoms with van der Waals surface area (Å²) in [6.45, 7) is 21.0. The molecule has 572 valence electrons. The number of likely N-dealkylation sites (tertiary alicyclic amines) is 5. The van der Waals surface area contributed by atoms with E-state index >= 15 is 17.6 Å². The van der Waals surface area contributed by atoms with Gasteiger partial charge >= 0.3 is 12.2 Å². The predicted molar refractivity (Wildman–Crippen MR) is 362 cm³/mol. The third-order valence-electron chi connectivity index (χ3n) is 24.0. The lowest BCUT2D eigenvalue weighted by Gasteiger charge is -2.47. The van der Waals surface area contributed by atoms with Crippen LogP contribution < -0.4 is 11.1 Å². The van der Waals surface area contributed by atoms with Crippen LogP contribution in [-0.4, -0.2) is 249 Å². The van der Waals surface area contributed by atoms with E-state index in [0.717, 1.165) is 51.6 Å². The Morgan fingerprint density at radius 3 is 1.19 bits per heavy atom. The van der Waals surface area contributed by atoms with Gasteiger partial charge in [-0.3, -0.25) is 24.3 Å². The zero-order valence-electron chi connectivity index (χ0n) is 61.6. The van der Waals surface area contributed by atoms with E-state index in [0.29, 0.717) is 159 Å². The van der Waals surface area contributed by atoms with Crippen molar-refractivity contribution in [2.45, 2.75) is 309 Å². The topological polar surface area (TPSA) is 225 Å². The third-order valence-corrected chi connectivity index (χ3v) is 24.0. The highest BCUT2D eigenvalue weighted by atomic mass is 19.3. The number of nitrogens with zero attached hydrogens (tertiary/aromatic N) is 11. The average molecular weight is 1440 g/mol. The molecule has 0 radical (unpaired) electrons. The molecule has 3 N–H and O–H groups in total. The minimum absolute atomic E-state index is 0.0131. The number of amides is 4. The second kappa shape index (κ2) is 31.6. The van der Waals surface area contributed by atoms with Gasteiger partial charge in [-0.15, -0.1) is 0 Å². The number of piperidine rings is 5. The lowest BCUT2D eigenvalue weighted by molar-refractivity contribution is -0.151. The minimum atomic E-state index is -2.91. The number of ether oxygens (including phenoxy) is 2. The minimum Gasteiger partial charge on any atom is -0.444 e. The molecule has 0 unspecified atom stereocenters. The summed E-state index contributed by atoms with van der Waals surface area (Å²) in [6.07, 6.45) is 8.34. The zero-order valence-corrected chi connectivity index (χ0v) is 61.6. The molecule has 5 saturated heterocycles. The van der Waals surface area contributed by atoms with Crippen LogP contribution in [0.3, 0.4) is 0 Å². The first-order valence-corrected chi connectivity index (χ1v) is 37.6. The molecular formula is C72H115F8N13O8. The van der Waals surface area contributed by atoms with Gasteiger partial charge in [-0.05, 0) is 177 Å². The Morgan fingerprint density at radius 2 is 0.851 bits per heavy atom. The van der Waals surface area contributed by atoms with E-state index in [1.807, 2.05) is 62.4 Å². The van der Waals surface area contributed by atoms with Gasteiger partial charge in [0.2, 0.25) is 23.6 Å². The van der Waals surface area contributed by atoms with Crippen LogP contribution in [0.15, 0.2) is 9.05 Å². The number of nitrogens with two attached hydrogens (primary N) is 1. The summed E-state index contributed by atoms with van der Waals surface area (Å²) in [6, 6.07) is -1.46. The molecule has 5 aliphatic heterocycles. The van der Waals surface area contributed by atoms with Crippen molar-refractivity contribution in [3.8, 4) is 0 Å². The lowest BCUT2D eigenvalue weighted by Crippen LogP contribution is -2.61. The Bertz CT molecular complexity index is 3080. The van der Waals surface area contributed by atoms with Gasteiger partial charge in [0.1, 0.15) is 23.5 Å². The standard InChI is InChI=1S/C30H46F3N5O4.C25H38F3N5O2.C17H31F2N3O2/c1-28(2,3)41-27(40)36(5)19-8-13-37(14-9-19)23-7-6-10-30(32,33)21(23)18-24(39)38-15-11-29(4,12-16-38)26-34-25(42-35-26)20-17-22(20)31;1-24(23-30-22(35-31-23)17-14-19(17)26)8-12-33(13-9-24)21(34)15-18-20(4-3-7-25(18,27)28)32-10-5-16(29-2)6-11-32;1-16(2,3)24-15(23)21(4)12-7-10-22(11-8-12)13-6-5-9-17(18,19)14(13)20/h19-23H,6-18H2,1-5H3;16-20,29H,3-15H2,1-2H3;12-14H,5-11,20H2,1-4H3/t20-,21-,22+,23+;17-,18-,19+,20+;13-,14+/m110/s1. The number of nitrogens with one attached hydrogen (secondary N) is 1. The maximum Gasteiger partial charge on any atom is 0.410 e. The molecular weight excluding hydrogens is 1330 g/mol. The highest BCUT2D eigenvalue weighted by Gasteiger charge is 2.54. The molecule has 5 aliphatic carbocycles. The van der Waals surface area contributed by atoms with Gasteiger partial charge in [-0.1, -0.05) is 24.2 Å².